The van der Waals surface area contributed by atoms with Crippen molar-refractivity contribution in [2.24, 2.45) is 0 Å². The van der Waals surface area contributed by atoms with Gasteiger partial charge in [-0.15, -0.1) is 0 Å². The number of carboxylic acids is 1. The molecule has 5 heteroatoms. The van der Waals surface area contributed by atoms with E-state index in [1.54, 1.807) is 28.8 Å². The summed E-state index contributed by atoms with van der Waals surface area (Å²) in [4.78, 5) is 11.3. The third-order valence-corrected chi connectivity index (χ3v) is 3.53. The predicted molar refractivity (Wildman–Crippen MR) is 79.1 cm³/mol. The van der Waals surface area contributed by atoms with Crippen molar-refractivity contribution in [3.05, 3.63) is 71.2 Å². The Morgan fingerprint density at radius 1 is 1.27 bits per heavy atom. The lowest BCUT2D eigenvalue weighted by Gasteiger charge is -2.07. The van der Waals surface area contributed by atoms with Crippen molar-refractivity contribution >= 4 is 16.9 Å². The molecule has 1 heterocycles. The maximum absolute atomic E-state index is 13.9. The average Bonchev–Trinajstić information content (AvgIpc) is 2.89. The van der Waals surface area contributed by atoms with Crippen LogP contribution in [0.4, 0.5) is 4.39 Å². The quantitative estimate of drug-likeness (QED) is 0.805. The van der Waals surface area contributed by atoms with Gasteiger partial charge in [0, 0.05) is 22.7 Å². The van der Waals surface area contributed by atoms with Gasteiger partial charge in [0.15, 0.2) is 0 Å². The molecule has 3 aromatic rings. The summed E-state index contributed by atoms with van der Waals surface area (Å²) in [5.41, 5.74) is 1.59. The SMILES string of the molecule is N#Cc1ccc(F)c(Cn2cc(C(=O)O)c3ccccc32)c1. The van der Waals surface area contributed by atoms with Gasteiger partial charge in [-0.2, -0.15) is 5.26 Å². The summed E-state index contributed by atoms with van der Waals surface area (Å²) in [6.07, 6.45) is 1.49. The van der Waals surface area contributed by atoms with E-state index in [0.29, 0.717) is 22.0 Å². The highest BCUT2D eigenvalue weighted by molar-refractivity contribution is 6.03. The minimum absolute atomic E-state index is 0.162. The molecule has 4 nitrogen and oxygen atoms in total. The first kappa shape index (κ1) is 13.8. The third-order valence-electron chi connectivity index (χ3n) is 3.53. The molecule has 108 valence electrons. The summed E-state index contributed by atoms with van der Waals surface area (Å²) >= 11 is 0. The normalized spacial score (nSPS) is 10.5. The molecule has 0 aliphatic carbocycles. The lowest BCUT2D eigenvalue weighted by molar-refractivity contribution is 0.0699. The first-order chi connectivity index (χ1) is 10.6. The summed E-state index contributed by atoms with van der Waals surface area (Å²) in [6, 6.07) is 13.2. The highest BCUT2D eigenvalue weighted by Gasteiger charge is 2.14. The lowest BCUT2D eigenvalue weighted by Crippen LogP contribution is -2.01. The van der Waals surface area contributed by atoms with E-state index in [1.165, 1.54) is 24.4 Å². The van der Waals surface area contributed by atoms with Gasteiger partial charge < -0.3 is 9.67 Å². The van der Waals surface area contributed by atoms with Crippen molar-refractivity contribution in [1.82, 2.24) is 4.57 Å². The highest BCUT2D eigenvalue weighted by Crippen LogP contribution is 2.23. The number of para-hydroxylation sites is 1. The summed E-state index contributed by atoms with van der Waals surface area (Å²) < 4.78 is 15.6. The van der Waals surface area contributed by atoms with Crippen LogP contribution in [0.3, 0.4) is 0 Å². The van der Waals surface area contributed by atoms with Gasteiger partial charge in [-0.25, -0.2) is 9.18 Å². The van der Waals surface area contributed by atoms with Crippen molar-refractivity contribution in [2.45, 2.75) is 6.54 Å². The van der Waals surface area contributed by atoms with Crippen molar-refractivity contribution in [3.63, 3.8) is 0 Å². The molecule has 22 heavy (non-hydrogen) atoms. The Hall–Kier alpha value is -3.13. The second kappa shape index (κ2) is 5.34. The van der Waals surface area contributed by atoms with Crippen LogP contribution < -0.4 is 0 Å². The van der Waals surface area contributed by atoms with Crippen LogP contribution in [-0.2, 0) is 6.54 Å². The summed E-state index contributed by atoms with van der Waals surface area (Å²) in [5.74, 6) is -1.45. The Balaban J connectivity index is 2.12. The van der Waals surface area contributed by atoms with Gasteiger partial charge in [0.2, 0.25) is 0 Å². The molecule has 0 spiro atoms. The fourth-order valence-electron chi connectivity index (χ4n) is 2.50. The fourth-order valence-corrected chi connectivity index (χ4v) is 2.50. The Morgan fingerprint density at radius 2 is 2.05 bits per heavy atom. The maximum Gasteiger partial charge on any atom is 0.337 e. The molecule has 0 bridgehead atoms. The molecule has 0 unspecified atom stereocenters. The number of halogens is 1. The van der Waals surface area contributed by atoms with Crippen molar-refractivity contribution in [1.29, 1.82) is 5.26 Å². The Morgan fingerprint density at radius 3 is 2.77 bits per heavy atom. The van der Waals surface area contributed by atoms with Gasteiger partial charge in [0.25, 0.3) is 0 Å². The summed E-state index contributed by atoms with van der Waals surface area (Å²) in [5, 5.41) is 18.8. The monoisotopic (exact) mass is 294 g/mol. The smallest absolute Gasteiger partial charge is 0.337 e. The third kappa shape index (κ3) is 2.31. The number of carbonyl (C=O) groups is 1. The number of fused-ring (bicyclic) bond motifs is 1. The fraction of sp³-hybridized carbons (Fsp3) is 0.0588. The Labute approximate surface area is 125 Å². The number of benzene rings is 2. The predicted octanol–water partition coefficient (Wildman–Crippen LogP) is 3.40. The van der Waals surface area contributed by atoms with Crippen LogP contribution >= 0.6 is 0 Å². The zero-order chi connectivity index (χ0) is 15.7. The largest absolute Gasteiger partial charge is 0.478 e. The van der Waals surface area contributed by atoms with Crippen molar-refractivity contribution in [2.75, 3.05) is 0 Å². The molecular weight excluding hydrogens is 283 g/mol. The first-order valence-corrected chi connectivity index (χ1v) is 6.60. The molecule has 0 saturated carbocycles. The molecule has 0 aliphatic rings. The van der Waals surface area contributed by atoms with Crippen LogP contribution in [-0.4, -0.2) is 15.6 Å². The van der Waals surface area contributed by atoms with E-state index in [-0.39, 0.29) is 12.1 Å². The first-order valence-electron chi connectivity index (χ1n) is 6.60. The van der Waals surface area contributed by atoms with Gasteiger partial charge in [0.1, 0.15) is 5.82 Å². The average molecular weight is 294 g/mol. The highest BCUT2D eigenvalue weighted by atomic mass is 19.1. The zero-order valence-corrected chi connectivity index (χ0v) is 11.5. The molecular formula is C17H11FN2O2. The summed E-state index contributed by atoms with van der Waals surface area (Å²) in [7, 11) is 0. The molecule has 0 fully saturated rings. The van der Waals surface area contributed by atoms with E-state index < -0.39 is 11.8 Å². The van der Waals surface area contributed by atoms with Crippen LogP contribution in [0, 0.1) is 17.1 Å². The van der Waals surface area contributed by atoms with Crippen LogP contribution in [0.1, 0.15) is 21.5 Å². The lowest BCUT2D eigenvalue weighted by atomic mass is 10.1. The van der Waals surface area contributed by atoms with Gasteiger partial charge in [-0.3, -0.25) is 0 Å². The molecule has 0 amide bonds. The van der Waals surface area contributed by atoms with Crippen LogP contribution in [0.25, 0.3) is 10.9 Å². The minimum Gasteiger partial charge on any atom is -0.478 e. The van der Waals surface area contributed by atoms with E-state index in [1.807, 2.05) is 6.07 Å². The van der Waals surface area contributed by atoms with E-state index in [2.05, 4.69) is 0 Å². The molecule has 1 N–H and O–H groups in total. The zero-order valence-electron chi connectivity index (χ0n) is 11.5. The number of nitrogens with zero attached hydrogens (tertiary/aromatic N) is 2. The van der Waals surface area contributed by atoms with Crippen molar-refractivity contribution in [3.8, 4) is 6.07 Å². The maximum atomic E-state index is 13.9. The van der Waals surface area contributed by atoms with E-state index >= 15 is 0 Å². The Bertz CT molecular complexity index is 922. The second-order valence-corrected chi connectivity index (χ2v) is 4.91. The van der Waals surface area contributed by atoms with Gasteiger partial charge in [-0.1, -0.05) is 18.2 Å². The Kier molecular flexibility index (Phi) is 3.36. The number of hydrogen-bond donors (Lipinski definition) is 1. The molecule has 0 radical (unpaired) electrons. The molecule has 3 rings (SSSR count). The number of nitriles is 1. The van der Waals surface area contributed by atoms with Crippen LogP contribution in [0.15, 0.2) is 48.7 Å². The standard InChI is InChI=1S/C17H11FN2O2/c18-15-6-5-11(8-19)7-12(15)9-20-10-14(17(21)22)13-3-1-2-4-16(13)20/h1-7,10H,9H2,(H,21,22). The number of carboxylic acid groups (broad SMARTS) is 1. The van der Waals surface area contributed by atoms with Crippen molar-refractivity contribution < 1.29 is 14.3 Å². The molecule has 0 aliphatic heterocycles. The molecule has 0 atom stereocenters. The number of rotatable bonds is 3. The van der Waals surface area contributed by atoms with E-state index in [0.717, 1.165) is 0 Å². The van der Waals surface area contributed by atoms with Crippen LogP contribution in [0.2, 0.25) is 0 Å². The van der Waals surface area contributed by atoms with E-state index in [9.17, 15) is 14.3 Å². The minimum atomic E-state index is -1.03. The number of aromatic nitrogens is 1. The topological polar surface area (TPSA) is 66.0 Å². The van der Waals surface area contributed by atoms with Gasteiger partial charge in [-0.05, 0) is 24.3 Å². The van der Waals surface area contributed by atoms with Gasteiger partial charge in [0.05, 0.1) is 23.7 Å². The molecule has 0 saturated heterocycles. The number of hydrogen-bond acceptors (Lipinski definition) is 2. The molecule has 1 aromatic heterocycles. The summed E-state index contributed by atoms with van der Waals surface area (Å²) in [6.45, 7) is 0.162. The molecule has 2 aromatic carbocycles. The van der Waals surface area contributed by atoms with E-state index in [4.69, 9.17) is 5.26 Å². The second-order valence-electron chi connectivity index (χ2n) is 4.91. The van der Waals surface area contributed by atoms with Gasteiger partial charge >= 0.3 is 5.97 Å². The van der Waals surface area contributed by atoms with Crippen LogP contribution in [0.5, 0.6) is 0 Å². The number of aromatic carboxylic acids is 1.